The fraction of sp³-hybridized carbons (Fsp3) is 0.179. The van der Waals surface area contributed by atoms with Crippen molar-refractivity contribution in [3.05, 3.63) is 100 Å². The maximum Gasteiger partial charge on any atom is 0.258 e. The first-order valence-corrected chi connectivity index (χ1v) is 11.4. The van der Waals surface area contributed by atoms with Crippen molar-refractivity contribution in [3.8, 4) is 11.3 Å². The van der Waals surface area contributed by atoms with Crippen LogP contribution in [0.3, 0.4) is 0 Å². The van der Waals surface area contributed by atoms with Crippen molar-refractivity contribution < 1.29 is 9.59 Å². The zero-order chi connectivity index (χ0) is 23.8. The Morgan fingerprint density at radius 1 is 0.941 bits per heavy atom. The van der Waals surface area contributed by atoms with E-state index in [-0.39, 0.29) is 11.8 Å². The number of amides is 2. The lowest BCUT2D eigenvalue weighted by Gasteiger charge is -2.24. The molecular weight excluding hydrogens is 424 g/mol. The summed E-state index contributed by atoms with van der Waals surface area (Å²) in [7, 11) is 0. The third-order valence-corrected chi connectivity index (χ3v) is 6.60. The van der Waals surface area contributed by atoms with Gasteiger partial charge in [-0.25, -0.2) is 0 Å². The molecule has 1 aliphatic heterocycles. The number of hydrogen-bond acceptors (Lipinski definition) is 3. The molecule has 0 unspecified atom stereocenters. The number of fused-ring (bicyclic) bond motifs is 3. The number of benzene rings is 3. The highest BCUT2D eigenvalue weighted by Gasteiger charge is 2.26. The lowest BCUT2D eigenvalue weighted by Crippen LogP contribution is -2.33. The molecule has 0 saturated carbocycles. The third kappa shape index (κ3) is 3.77. The number of nitrogens with one attached hydrogen (secondary N) is 2. The smallest absolute Gasteiger partial charge is 0.258 e. The Balaban J connectivity index is 1.42. The van der Waals surface area contributed by atoms with Crippen LogP contribution in [0.1, 0.15) is 43.0 Å². The molecule has 1 aliphatic rings. The number of hydrogen-bond donors (Lipinski definition) is 2. The number of rotatable bonds is 3. The van der Waals surface area contributed by atoms with Crippen LogP contribution in [0.4, 0.5) is 11.4 Å². The molecule has 3 aromatic carbocycles. The predicted molar refractivity (Wildman–Crippen MR) is 134 cm³/mol. The van der Waals surface area contributed by atoms with Gasteiger partial charge in [0.15, 0.2) is 0 Å². The Morgan fingerprint density at radius 3 is 2.59 bits per heavy atom. The zero-order valence-corrected chi connectivity index (χ0v) is 19.5. The van der Waals surface area contributed by atoms with Gasteiger partial charge >= 0.3 is 0 Å². The van der Waals surface area contributed by atoms with Crippen LogP contribution in [-0.2, 0) is 6.42 Å². The van der Waals surface area contributed by atoms with Crippen LogP contribution < -0.4 is 10.2 Å². The summed E-state index contributed by atoms with van der Waals surface area (Å²) < 4.78 is 0. The number of carbonyl (C=O) groups excluding carboxylic acids is 2. The fourth-order valence-electron chi connectivity index (χ4n) is 4.54. The molecule has 170 valence electrons. The van der Waals surface area contributed by atoms with E-state index in [2.05, 4.69) is 15.5 Å². The molecule has 5 rings (SSSR count). The molecule has 6 nitrogen and oxygen atoms in total. The van der Waals surface area contributed by atoms with Crippen LogP contribution in [0.25, 0.3) is 11.3 Å². The summed E-state index contributed by atoms with van der Waals surface area (Å²) in [6.45, 7) is 6.40. The monoisotopic (exact) mass is 450 g/mol. The van der Waals surface area contributed by atoms with Crippen LogP contribution in [0.15, 0.2) is 66.9 Å². The molecule has 0 spiro atoms. The fourth-order valence-corrected chi connectivity index (χ4v) is 4.54. The number of aromatic amines is 1. The first-order valence-electron chi connectivity index (χ1n) is 11.4. The van der Waals surface area contributed by atoms with Gasteiger partial charge in [0.2, 0.25) is 0 Å². The van der Waals surface area contributed by atoms with Gasteiger partial charge in [-0.05, 0) is 79.8 Å². The van der Waals surface area contributed by atoms with Gasteiger partial charge in [-0.15, -0.1) is 0 Å². The minimum atomic E-state index is -0.157. The topological polar surface area (TPSA) is 78.1 Å². The highest BCUT2D eigenvalue weighted by molar-refractivity contribution is 6.10. The normalized spacial score (nSPS) is 12.5. The second-order valence-electron chi connectivity index (χ2n) is 8.73. The summed E-state index contributed by atoms with van der Waals surface area (Å²) in [6.07, 6.45) is 2.55. The third-order valence-electron chi connectivity index (χ3n) is 6.60. The first-order chi connectivity index (χ1) is 16.4. The Labute approximate surface area is 198 Å². The minimum Gasteiger partial charge on any atom is -0.322 e. The van der Waals surface area contributed by atoms with Crippen molar-refractivity contribution in [1.29, 1.82) is 0 Å². The molecule has 4 aromatic rings. The van der Waals surface area contributed by atoms with Gasteiger partial charge in [0.05, 0.1) is 17.6 Å². The molecule has 2 N–H and O–H groups in total. The summed E-state index contributed by atoms with van der Waals surface area (Å²) in [5.41, 5.74) is 8.67. The second kappa shape index (κ2) is 8.63. The van der Waals surface area contributed by atoms with Gasteiger partial charge in [-0.3, -0.25) is 14.7 Å². The summed E-state index contributed by atoms with van der Waals surface area (Å²) in [6, 6.07) is 19.0. The largest absolute Gasteiger partial charge is 0.322 e. The predicted octanol–water partition coefficient (Wildman–Crippen LogP) is 5.46. The van der Waals surface area contributed by atoms with Crippen molar-refractivity contribution in [2.45, 2.75) is 27.2 Å². The van der Waals surface area contributed by atoms with Crippen LogP contribution in [0.5, 0.6) is 0 Å². The molecule has 0 saturated heterocycles. The molecule has 0 bridgehead atoms. The number of anilines is 2. The second-order valence-corrected chi connectivity index (χ2v) is 8.73. The summed E-state index contributed by atoms with van der Waals surface area (Å²) in [4.78, 5) is 28.3. The highest BCUT2D eigenvalue weighted by Crippen LogP contribution is 2.36. The number of aryl methyl sites for hydroxylation is 2. The quantitative estimate of drug-likeness (QED) is 0.435. The van der Waals surface area contributed by atoms with Crippen molar-refractivity contribution in [2.24, 2.45) is 0 Å². The van der Waals surface area contributed by atoms with Crippen LogP contribution in [0, 0.1) is 20.8 Å². The first kappa shape index (κ1) is 21.6. The lowest BCUT2D eigenvalue weighted by atomic mass is 10.0. The zero-order valence-electron chi connectivity index (χ0n) is 19.5. The number of H-pyrrole nitrogens is 1. The van der Waals surface area contributed by atoms with E-state index < -0.39 is 0 Å². The molecule has 0 atom stereocenters. The number of carbonyl (C=O) groups is 2. The SMILES string of the molecule is Cc1cc(NC(=O)c2cccc(C)c2C)ccc1C(=O)N1CCc2cn[nH]c2-c2ccccc21. The lowest BCUT2D eigenvalue weighted by molar-refractivity contribution is 0.0985. The van der Waals surface area contributed by atoms with E-state index in [4.69, 9.17) is 0 Å². The minimum absolute atomic E-state index is 0.0598. The van der Waals surface area contributed by atoms with E-state index in [1.54, 1.807) is 12.1 Å². The molecular formula is C28H26N4O2. The van der Waals surface area contributed by atoms with Gasteiger partial charge in [-0.1, -0.05) is 30.3 Å². The highest BCUT2D eigenvalue weighted by atomic mass is 16.2. The van der Waals surface area contributed by atoms with Crippen molar-refractivity contribution in [1.82, 2.24) is 10.2 Å². The van der Waals surface area contributed by atoms with Crippen LogP contribution in [0.2, 0.25) is 0 Å². The van der Waals surface area contributed by atoms with E-state index in [0.29, 0.717) is 23.4 Å². The van der Waals surface area contributed by atoms with Crippen molar-refractivity contribution >= 4 is 23.2 Å². The number of aromatic nitrogens is 2. The van der Waals surface area contributed by atoms with Gasteiger partial charge in [0, 0.05) is 28.9 Å². The van der Waals surface area contributed by atoms with E-state index in [1.165, 1.54) is 0 Å². The Morgan fingerprint density at radius 2 is 1.76 bits per heavy atom. The van der Waals surface area contributed by atoms with Crippen molar-refractivity contribution in [3.63, 3.8) is 0 Å². The average Bonchev–Trinajstić information content (AvgIpc) is 3.23. The van der Waals surface area contributed by atoms with Gasteiger partial charge in [0.1, 0.15) is 0 Å². The van der Waals surface area contributed by atoms with E-state index >= 15 is 0 Å². The molecule has 2 heterocycles. The van der Waals surface area contributed by atoms with E-state index in [9.17, 15) is 9.59 Å². The maximum absolute atomic E-state index is 13.7. The Hall–Kier alpha value is -4.19. The standard InChI is InChI=1S/C28H26N4O2/c1-17-7-6-9-23(19(17)3)27(33)30-21-11-12-22(18(2)15-21)28(34)32-14-13-20-16-29-31-26(20)24-8-4-5-10-25(24)32/h4-12,15-16H,13-14H2,1-3H3,(H,29,31)(H,30,33). The summed E-state index contributed by atoms with van der Waals surface area (Å²) in [5.74, 6) is -0.216. The molecule has 2 amide bonds. The Bertz CT molecular complexity index is 1420. The van der Waals surface area contributed by atoms with Gasteiger partial charge < -0.3 is 10.2 Å². The summed E-state index contributed by atoms with van der Waals surface area (Å²) >= 11 is 0. The van der Waals surface area contributed by atoms with E-state index in [0.717, 1.165) is 45.6 Å². The van der Waals surface area contributed by atoms with Crippen LogP contribution in [-0.4, -0.2) is 28.6 Å². The van der Waals surface area contributed by atoms with Crippen molar-refractivity contribution in [2.75, 3.05) is 16.8 Å². The molecule has 34 heavy (non-hydrogen) atoms. The number of nitrogens with zero attached hydrogens (tertiary/aromatic N) is 2. The number of para-hydroxylation sites is 1. The Kier molecular flexibility index (Phi) is 5.49. The van der Waals surface area contributed by atoms with Crippen LogP contribution >= 0.6 is 0 Å². The van der Waals surface area contributed by atoms with Gasteiger partial charge in [-0.2, -0.15) is 5.10 Å². The van der Waals surface area contributed by atoms with E-state index in [1.807, 2.05) is 80.4 Å². The molecule has 0 fully saturated rings. The molecule has 0 aliphatic carbocycles. The maximum atomic E-state index is 13.7. The summed E-state index contributed by atoms with van der Waals surface area (Å²) in [5, 5.41) is 10.2. The van der Waals surface area contributed by atoms with Gasteiger partial charge in [0.25, 0.3) is 11.8 Å². The molecule has 0 radical (unpaired) electrons. The molecule has 1 aromatic heterocycles. The molecule has 6 heteroatoms. The average molecular weight is 451 g/mol.